The lowest BCUT2D eigenvalue weighted by Gasteiger charge is -2.44. The van der Waals surface area contributed by atoms with E-state index in [-0.39, 0.29) is 30.6 Å². The van der Waals surface area contributed by atoms with Gasteiger partial charge in [0.1, 0.15) is 11.9 Å². The molecule has 0 aromatic heterocycles. The first-order valence-electron chi connectivity index (χ1n) is 16.1. The second-order valence-corrected chi connectivity index (χ2v) is 12.5. The van der Waals surface area contributed by atoms with E-state index in [2.05, 4.69) is 29.7 Å². The van der Waals surface area contributed by atoms with Gasteiger partial charge in [0.2, 0.25) is 11.8 Å². The number of carbonyl (C=O) groups is 3. The average molecular weight is 565 g/mol. The number of unbranched alkanes of at least 4 members (excludes halogenated alkanes) is 11. The SMILES string of the molecule is CCCCCCCCC=CCCCCCCCC(=O)CCCNC(=O)CCNC(=O)C1OC(C)(C)OCC1(C)C. The number of ether oxygens (including phenoxy) is 2. The zero-order chi connectivity index (χ0) is 29.7. The number of Topliss-reactive ketones (excluding diaryl/α,β-unsaturated/α-hetero) is 1. The number of hydrogen-bond acceptors (Lipinski definition) is 5. The largest absolute Gasteiger partial charge is 0.356 e. The maximum absolute atomic E-state index is 12.6. The van der Waals surface area contributed by atoms with Crippen molar-refractivity contribution in [2.75, 3.05) is 19.7 Å². The average Bonchev–Trinajstić information content (AvgIpc) is 2.90. The summed E-state index contributed by atoms with van der Waals surface area (Å²) < 4.78 is 11.5. The molecule has 7 heteroatoms. The monoisotopic (exact) mass is 564 g/mol. The molecule has 0 aromatic rings. The molecule has 0 saturated carbocycles. The molecular formula is C33H60N2O5. The molecule has 1 aliphatic rings. The summed E-state index contributed by atoms with van der Waals surface area (Å²) in [4.78, 5) is 36.8. The minimum atomic E-state index is -0.809. The number of hydrogen-bond donors (Lipinski definition) is 2. The number of ketones is 1. The Morgan fingerprint density at radius 1 is 0.725 bits per heavy atom. The summed E-state index contributed by atoms with van der Waals surface area (Å²) >= 11 is 0. The van der Waals surface area contributed by atoms with E-state index in [1.165, 1.54) is 70.6 Å². The third-order valence-electron chi connectivity index (χ3n) is 7.46. The predicted octanol–water partition coefficient (Wildman–Crippen LogP) is 7.17. The molecule has 0 aromatic carbocycles. The molecule has 232 valence electrons. The Morgan fingerprint density at radius 2 is 1.30 bits per heavy atom. The van der Waals surface area contributed by atoms with Gasteiger partial charge in [0, 0.05) is 37.8 Å². The highest BCUT2D eigenvalue weighted by Crippen LogP contribution is 2.34. The van der Waals surface area contributed by atoms with E-state index >= 15 is 0 Å². The van der Waals surface area contributed by atoms with E-state index in [4.69, 9.17) is 9.47 Å². The molecule has 1 aliphatic heterocycles. The summed E-state index contributed by atoms with van der Waals surface area (Å²) in [6, 6.07) is 0. The van der Waals surface area contributed by atoms with Crippen LogP contribution in [0.15, 0.2) is 12.2 Å². The normalized spacial score (nSPS) is 18.1. The molecule has 0 spiro atoms. The van der Waals surface area contributed by atoms with Crippen LogP contribution in [0.1, 0.15) is 144 Å². The van der Waals surface area contributed by atoms with Crippen LogP contribution >= 0.6 is 0 Å². The van der Waals surface area contributed by atoms with Gasteiger partial charge in [0.05, 0.1) is 6.61 Å². The Morgan fingerprint density at radius 3 is 1.95 bits per heavy atom. The summed E-state index contributed by atoms with van der Waals surface area (Å²) in [5.41, 5.74) is -0.446. The zero-order valence-corrected chi connectivity index (χ0v) is 26.4. The Labute approximate surface area is 245 Å². The quantitative estimate of drug-likeness (QED) is 0.101. The van der Waals surface area contributed by atoms with Gasteiger partial charge < -0.3 is 20.1 Å². The van der Waals surface area contributed by atoms with Gasteiger partial charge in [-0.25, -0.2) is 0 Å². The number of amides is 2. The van der Waals surface area contributed by atoms with Crippen molar-refractivity contribution in [2.24, 2.45) is 5.41 Å². The summed E-state index contributed by atoms with van der Waals surface area (Å²) in [6.45, 7) is 10.9. The Bertz CT molecular complexity index is 747. The molecule has 1 unspecified atom stereocenters. The summed E-state index contributed by atoms with van der Waals surface area (Å²) in [7, 11) is 0. The van der Waals surface area contributed by atoms with Crippen LogP contribution in [0.5, 0.6) is 0 Å². The smallest absolute Gasteiger partial charge is 0.249 e. The maximum Gasteiger partial charge on any atom is 0.249 e. The molecule has 1 fully saturated rings. The van der Waals surface area contributed by atoms with Crippen molar-refractivity contribution in [3.8, 4) is 0 Å². The molecule has 1 rings (SSSR count). The molecule has 0 radical (unpaired) electrons. The number of rotatable bonds is 23. The lowest BCUT2D eigenvalue weighted by molar-refractivity contribution is -0.304. The van der Waals surface area contributed by atoms with Crippen molar-refractivity contribution in [1.29, 1.82) is 0 Å². The van der Waals surface area contributed by atoms with Gasteiger partial charge in [-0.1, -0.05) is 84.3 Å². The number of nitrogens with one attached hydrogen (secondary N) is 2. The van der Waals surface area contributed by atoms with Gasteiger partial charge in [-0.3, -0.25) is 14.4 Å². The topological polar surface area (TPSA) is 93.7 Å². The van der Waals surface area contributed by atoms with Gasteiger partial charge in [-0.2, -0.15) is 0 Å². The van der Waals surface area contributed by atoms with Crippen LogP contribution in [0.4, 0.5) is 0 Å². The first-order chi connectivity index (χ1) is 19.1. The van der Waals surface area contributed by atoms with Crippen molar-refractivity contribution in [3.05, 3.63) is 12.2 Å². The fourth-order valence-corrected chi connectivity index (χ4v) is 4.83. The lowest BCUT2D eigenvalue weighted by Crippen LogP contribution is -2.56. The second-order valence-electron chi connectivity index (χ2n) is 12.5. The van der Waals surface area contributed by atoms with E-state index in [1.807, 2.05) is 13.8 Å². The molecule has 0 aliphatic carbocycles. The standard InChI is InChI=1S/C33H60N2O5/c1-6-7-8-9-10-11-12-13-14-15-16-17-18-19-20-22-28(36)23-21-25-34-29(37)24-26-35-31(38)30-32(2,3)27-39-33(4,5)40-30/h13-14,30H,6-12,15-27H2,1-5H3,(H,34,37)(H,35,38). The fraction of sp³-hybridized carbons (Fsp3) is 0.848. The molecule has 7 nitrogen and oxygen atoms in total. The van der Waals surface area contributed by atoms with E-state index in [9.17, 15) is 14.4 Å². The van der Waals surface area contributed by atoms with Gasteiger partial charge >= 0.3 is 0 Å². The van der Waals surface area contributed by atoms with Crippen LogP contribution in [-0.4, -0.2) is 49.2 Å². The second kappa shape index (κ2) is 21.0. The number of allylic oxidation sites excluding steroid dienone is 2. The third-order valence-corrected chi connectivity index (χ3v) is 7.46. The Kier molecular flexibility index (Phi) is 19.1. The van der Waals surface area contributed by atoms with Crippen molar-refractivity contribution >= 4 is 17.6 Å². The molecule has 1 saturated heterocycles. The van der Waals surface area contributed by atoms with Crippen molar-refractivity contribution in [1.82, 2.24) is 10.6 Å². The molecule has 2 N–H and O–H groups in total. The highest BCUT2D eigenvalue weighted by Gasteiger charge is 2.45. The van der Waals surface area contributed by atoms with E-state index in [0.29, 0.717) is 32.4 Å². The highest BCUT2D eigenvalue weighted by molar-refractivity contribution is 5.83. The first kappa shape index (κ1) is 36.3. The van der Waals surface area contributed by atoms with Crippen LogP contribution in [0.2, 0.25) is 0 Å². The molecule has 40 heavy (non-hydrogen) atoms. The minimum Gasteiger partial charge on any atom is -0.356 e. The molecular weight excluding hydrogens is 504 g/mol. The third kappa shape index (κ3) is 17.9. The Balaban J connectivity index is 1.95. The van der Waals surface area contributed by atoms with Crippen LogP contribution < -0.4 is 10.6 Å². The van der Waals surface area contributed by atoms with Gasteiger partial charge in [-0.15, -0.1) is 0 Å². The van der Waals surface area contributed by atoms with Crippen molar-refractivity contribution < 1.29 is 23.9 Å². The highest BCUT2D eigenvalue weighted by atomic mass is 16.7. The van der Waals surface area contributed by atoms with E-state index in [1.54, 1.807) is 13.8 Å². The Hall–Kier alpha value is -1.73. The van der Waals surface area contributed by atoms with Crippen LogP contribution in [0.3, 0.4) is 0 Å². The molecule has 1 heterocycles. The van der Waals surface area contributed by atoms with E-state index < -0.39 is 17.3 Å². The maximum atomic E-state index is 12.6. The fourth-order valence-electron chi connectivity index (χ4n) is 4.83. The van der Waals surface area contributed by atoms with Gasteiger partial charge in [0.25, 0.3) is 0 Å². The number of carbonyl (C=O) groups excluding carboxylic acids is 3. The van der Waals surface area contributed by atoms with Crippen LogP contribution in [0, 0.1) is 5.41 Å². The van der Waals surface area contributed by atoms with Crippen LogP contribution in [0.25, 0.3) is 0 Å². The molecule has 1 atom stereocenters. The van der Waals surface area contributed by atoms with Crippen LogP contribution in [-0.2, 0) is 23.9 Å². The van der Waals surface area contributed by atoms with Crippen molar-refractivity contribution in [2.45, 2.75) is 156 Å². The molecule has 0 bridgehead atoms. The van der Waals surface area contributed by atoms with E-state index in [0.717, 1.165) is 12.8 Å². The lowest BCUT2D eigenvalue weighted by atomic mass is 9.85. The molecule has 2 amide bonds. The van der Waals surface area contributed by atoms with Gasteiger partial charge in [0.15, 0.2) is 5.79 Å². The first-order valence-corrected chi connectivity index (χ1v) is 16.1. The summed E-state index contributed by atoms with van der Waals surface area (Å²) in [6.07, 6.45) is 22.4. The minimum absolute atomic E-state index is 0.127. The van der Waals surface area contributed by atoms with Crippen molar-refractivity contribution in [3.63, 3.8) is 0 Å². The predicted molar refractivity (Wildman–Crippen MR) is 163 cm³/mol. The zero-order valence-electron chi connectivity index (χ0n) is 26.4. The summed E-state index contributed by atoms with van der Waals surface area (Å²) in [5.74, 6) is -0.884. The summed E-state index contributed by atoms with van der Waals surface area (Å²) in [5, 5.41) is 5.65. The van der Waals surface area contributed by atoms with Gasteiger partial charge in [-0.05, 0) is 52.4 Å².